The maximum absolute atomic E-state index is 3.59. The zero-order chi connectivity index (χ0) is 12.7. The fourth-order valence-electron chi connectivity index (χ4n) is 2.95. The van der Waals surface area contributed by atoms with Crippen LogP contribution in [-0.4, -0.2) is 62.2 Å². The Morgan fingerprint density at radius 2 is 1.88 bits per heavy atom. The van der Waals surface area contributed by atoms with E-state index in [0.717, 1.165) is 18.6 Å². The van der Waals surface area contributed by atoms with Crippen LogP contribution in [0.3, 0.4) is 0 Å². The van der Waals surface area contributed by atoms with Gasteiger partial charge in [-0.3, -0.25) is 0 Å². The third-order valence-electron chi connectivity index (χ3n) is 3.87. The molecule has 0 aromatic heterocycles. The number of hydrogen-bond donors (Lipinski definition) is 1. The van der Waals surface area contributed by atoms with Crippen molar-refractivity contribution in [3.05, 3.63) is 0 Å². The summed E-state index contributed by atoms with van der Waals surface area (Å²) < 4.78 is 0. The normalized spacial score (nSPS) is 25.1. The van der Waals surface area contributed by atoms with Crippen molar-refractivity contribution in [1.29, 1.82) is 0 Å². The highest BCUT2D eigenvalue weighted by Gasteiger charge is 2.27. The summed E-state index contributed by atoms with van der Waals surface area (Å²) in [6, 6.07) is 1.60. The molecule has 1 N–H and O–H groups in total. The highest BCUT2D eigenvalue weighted by molar-refractivity contribution is 4.86. The molecule has 1 rings (SSSR count). The van der Waals surface area contributed by atoms with Crippen LogP contribution in [0.4, 0.5) is 0 Å². The van der Waals surface area contributed by atoms with Crippen molar-refractivity contribution in [2.45, 2.75) is 51.6 Å². The molecule has 0 aromatic carbocycles. The zero-order valence-corrected chi connectivity index (χ0v) is 12.2. The zero-order valence-electron chi connectivity index (χ0n) is 12.2. The van der Waals surface area contributed by atoms with E-state index in [2.05, 4.69) is 43.1 Å². The van der Waals surface area contributed by atoms with E-state index in [0.29, 0.717) is 0 Å². The van der Waals surface area contributed by atoms with Crippen LogP contribution in [0.2, 0.25) is 0 Å². The molecule has 1 aliphatic carbocycles. The molecule has 3 nitrogen and oxygen atoms in total. The molecule has 1 saturated carbocycles. The Hall–Kier alpha value is -0.120. The summed E-state index contributed by atoms with van der Waals surface area (Å²) in [4.78, 5) is 4.96. The van der Waals surface area contributed by atoms with Gasteiger partial charge in [-0.2, -0.15) is 0 Å². The fraction of sp³-hybridized carbons (Fsp3) is 1.00. The summed E-state index contributed by atoms with van der Waals surface area (Å²) in [5.41, 5.74) is 0. The van der Waals surface area contributed by atoms with Crippen LogP contribution >= 0.6 is 0 Å². The average Bonchev–Trinajstić information content (AvgIpc) is 2.73. The molecule has 0 spiro atoms. The molecular weight excluding hydrogens is 210 g/mol. The monoisotopic (exact) mass is 241 g/mol. The van der Waals surface area contributed by atoms with Crippen LogP contribution in [0.15, 0.2) is 0 Å². The maximum Gasteiger partial charge on any atom is 0.0110 e. The quantitative estimate of drug-likeness (QED) is 0.699. The van der Waals surface area contributed by atoms with E-state index in [1.54, 1.807) is 0 Å². The third kappa shape index (κ3) is 5.36. The van der Waals surface area contributed by atoms with E-state index >= 15 is 0 Å². The minimum Gasteiger partial charge on any atom is -0.314 e. The molecule has 0 aromatic rings. The molecule has 102 valence electrons. The van der Waals surface area contributed by atoms with Crippen LogP contribution in [-0.2, 0) is 0 Å². The summed E-state index contributed by atoms with van der Waals surface area (Å²) >= 11 is 0. The van der Waals surface area contributed by atoms with Crippen molar-refractivity contribution in [3.8, 4) is 0 Å². The minimum atomic E-state index is 0.771. The lowest BCUT2D eigenvalue weighted by molar-refractivity contribution is 0.196. The van der Waals surface area contributed by atoms with Gasteiger partial charge in [-0.15, -0.1) is 0 Å². The van der Waals surface area contributed by atoms with E-state index < -0.39 is 0 Å². The molecule has 0 heterocycles. The standard InChI is InChI=1S/C14H31N3/c1-5-15-13-8-9-14(12-13)17(6-2)11-7-10-16(3)4/h13-15H,5-12H2,1-4H3. The van der Waals surface area contributed by atoms with Crippen molar-refractivity contribution >= 4 is 0 Å². The molecule has 17 heavy (non-hydrogen) atoms. The van der Waals surface area contributed by atoms with Gasteiger partial charge in [0.2, 0.25) is 0 Å². The largest absolute Gasteiger partial charge is 0.314 e. The van der Waals surface area contributed by atoms with Crippen LogP contribution in [0, 0.1) is 0 Å². The van der Waals surface area contributed by atoms with Crippen LogP contribution < -0.4 is 5.32 Å². The van der Waals surface area contributed by atoms with Gasteiger partial charge in [-0.1, -0.05) is 13.8 Å². The number of nitrogens with zero attached hydrogens (tertiary/aromatic N) is 2. The maximum atomic E-state index is 3.59. The lowest BCUT2D eigenvalue weighted by atomic mass is 10.2. The lowest BCUT2D eigenvalue weighted by Crippen LogP contribution is -2.37. The van der Waals surface area contributed by atoms with Crippen molar-refractivity contribution in [2.24, 2.45) is 0 Å². The highest BCUT2D eigenvalue weighted by atomic mass is 15.2. The van der Waals surface area contributed by atoms with Crippen LogP contribution in [0.25, 0.3) is 0 Å². The second-order valence-electron chi connectivity index (χ2n) is 5.51. The molecule has 1 aliphatic rings. The highest BCUT2D eigenvalue weighted by Crippen LogP contribution is 2.24. The Kier molecular flexibility index (Phi) is 7.09. The second-order valence-corrected chi connectivity index (χ2v) is 5.51. The molecule has 0 radical (unpaired) electrons. The van der Waals surface area contributed by atoms with Crippen LogP contribution in [0.1, 0.15) is 39.5 Å². The average molecular weight is 241 g/mol. The van der Waals surface area contributed by atoms with Gasteiger partial charge in [0, 0.05) is 12.1 Å². The molecule has 0 aliphatic heterocycles. The first-order valence-electron chi connectivity index (χ1n) is 7.29. The second kappa shape index (κ2) is 8.06. The van der Waals surface area contributed by atoms with Crippen LogP contribution in [0.5, 0.6) is 0 Å². The Bertz CT molecular complexity index is 194. The van der Waals surface area contributed by atoms with Gasteiger partial charge in [-0.25, -0.2) is 0 Å². The van der Waals surface area contributed by atoms with Gasteiger partial charge in [0.25, 0.3) is 0 Å². The molecule has 0 saturated heterocycles. The molecular formula is C14H31N3. The summed E-state index contributed by atoms with van der Waals surface area (Å²) in [6.07, 6.45) is 5.39. The van der Waals surface area contributed by atoms with E-state index in [-0.39, 0.29) is 0 Å². The summed E-state index contributed by atoms with van der Waals surface area (Å²) in [5, 5.41) is 3.59. The van der Waals surface area contributed by atoms with Crippen molar-refractivity contribution in [1.82, 2.24) is 15.1 Å². The Labute approximate surface area is 108 Å². The van der Waals surface area contributed by atoms with Gasteiger partial charge in [-0.05, 0) is 66.0 Å². The Morgan fingerprint density at radius 1 is 1.12 bits per heavy atom. The predicted molar refractivity (Wildman–Crippen MR) is 75.5 cm³/mol. The smallest absolute Gasteiger partial charge is 0.0110 e. The molecule has 2 unspecified atom stereocenters. The van der Waals surface area contributed by atoms with Gasteiger partial charge < -0.3 is 15.1 Å². The summed E-state index contributed by atoms with van der Waals surface area (Å²) in [6.45, 7) is 9.30. The van der Waals surface area contributed by atoms with Crippen molar-refractivity contribution < 1.29 is 0 Å². The third-order valence-corrected chi connectivity index (χ3v) is 3.87. The van der Waals surface area contributed by atoms with Gasteiger partial charge in [0.1, 0.15) is 0 Å². The first kappa shape index (κ1) is 14.9. The predicted octanol–water partition coefficient (Wildman–Crippen LogP) is 1.79. The van der Waals surface area contributed by atoms with Gasteiger partial charge in [0.05, 0.1) is 0 Å². The van der Waals surface area contributed by atoms with E-state index in [1.807, 2.05) is 0 Å². The van der Waals surface area contributed by atoms with Crippen molar-refractivity contribution in [2.75, 3.05) is 40.3 Å². The Balaban J connectivity index is 2.26. The lowest BCUT2D eigenvalue weighted by Gasteiger charge is -2.28. The van der Waals surface area contributed by atoms with E-state index in [9.17, 15) is 0 Å². The summed E-state index contributed by atoms with van der Waals surface area (Å²) in [7, 11) is 4.32. The number of rotatable bonds is 8. The number of nitrogens with one attached hydrogen (secondary N) is 1. The first-order valence-corrected chi connectivity index (χ1v) is 7.29. The molecule has 2 atom stereocenters. The molecule has 3 heteroatoms. The van der Waals surface area contributed by atoms with E-state index in [4.69, 9.17) is 0 Å². The van der Waals surface area contributed by atoms with E-state index in [1.165, 1.54) is 45.3 Å². The first-order chi connectivity index (χ1) is 8.17. The van der Waals surface area contributed by atoms with Crippen molar-refractivity contribution in [3.63, 3.8) is 0 Å². The minimum absolute atomic E-state index is 0.771. The molecule has 0 amide bonds. The molecule has 1 fully saturated rings. The fourth-order valence-corrected chi connectivity index (χ4v) is 2.95. The van der Waals surface area contributed by atoms with Gasteiger partial charge in [0.15, 0.2) is 0 Å². The topological polar surface area (TPSA) is 18.5 Å². The number of hydrogen-bond acceptors (Lipinski definition) is 3. The SMILES string of the molecule is CCNC1CCC(N(CC)CCCN(C)C)C1. The Morgan fingerprint density at radius 3 is 2.47 bits per heavy atom. The molecule has 0 bridgehead atoms. The summed E-state index contributed by atoms with van der Waals surface area (Å²) in [5.74, 6) is 0. The van der Waals surface area contributed by atoms with Gasteiger partial charge >= 0.3 is 0 Å².